The molecule has 1 amide bonds. The Hall–Kier alpha value is -2.50. The van der Waals surface area contributed by atoms with Crippen molar-refractivity contribution in [3.63, 3.8) is 0 Å². The summed E-state index contributed by atoms with van der Waals surface area (Å²) in [4.78, 5) is 20.1. The van der Waals surface area contributed by atoms with Gasteiger partial charge in [0.2, 0.25) is 5.91 Å². The first-order chi connectivity index (χ1) is 12.7. The Morgan fingerprint density at radius 3 is 2.62 bits per heavy atom. The molecule has 1 aliphatic heterocycles. The molecule has 2 aromatic carbocycles. The van der Waals surface area contributed by atoms with Crippen LogP contribution in [0.4, 0.5) is 10.8 Å². The van der Waals surface area contributed by atoms with Gasteiger partial charge in [-0.1, -0.05) is 42.5 Å². The van der Waals surface area contributed by atoms with Crippen LogP contribution in [0.5, 0.6) is 0 Å². The molecule has 2 heterocycles. The highest BCUT2D eigenvalue weighted by Crippen LogP contribution is 2.28. The number of benzene rings is 2. The fourth-order valence-electron chi connectivity index (χ4n) is 3.53. The van der Waals surface area contributed by atoms with Crippen molar-refractivity contribution in [2.45, 2.75) is 26.4 Å². The van der Waals surface area contributed by atoms with Gasteiger partial charge in [-0.25, -0.2) is 4.98 Å². The molecule has 1 aromatic heterocycles. The molecule has 1 unspecified atom stereocenters. The van der Waals surface area contributed by atoms with E-state index in [0.717, 1.165) is 42.6 Å². The molecular formula is C21H22N3OS+. The van der Waals surface area contributed by atoms with Crippen molar-refractivity contribution in [3.8, 4) is 0 Å². The van der Waals surface area contributed by atoms with Crippen LogP contribution < -0.4 is 9.80 Å². The summed E-state index contributed by atoms with van der Waals surface area (Å²) in [6, 6.07) is 18.4. The smallest absolute Gasteiger partial charge is 0.230 e. The number of nitrogens with zero attached hydrogens (tertiary/aromatic N) is 2. The summed E-state index contributed by atoms with van der Waals surface area (Å²) in [6.07, 6.45) is 1.12. The summed E-state index contributed by atoms with van der Waals surface area (Å²) in [5.74, 6) is -0.0173. The second kappa shape index (κ2) is 7.40. The van der Waals surface area contributed by atoms with Gasteiger partial charge >= 0.3 is 0 Å². The number of thiazole rings is 1. The van der Waals surface area contributed by atoms with Crippen LogP contribution in [0.25, 0.3) is 0 Å². The van der Waals surface area contributed by atoms with Crippen LogP contribution in [0.1, 0.15) is 23.7 Å². The highest BCUT2D eigenvalue weighted by Gasteiger charge is 2.22. The minimum absolute atomic E-state index is 0.0173. The monoisotopic (exact) mass is 364 g/mol. The number of hydrogen-bond donors (Lipinski definition) is 1. The molecule has 4 rings (SSSR count). The van der Waals surface area contributed by atoms with Gasteiger partial charge in [0.05, 0.1) is 12.2 Å². The predicted octanol–water partition coefficient (Wildman–Crippen LogP) is 2.97. The Balaban J connectivity index is 1.50. The van der Waals surface area contributed by atoms with E-state index < -0.39 is 0 Å². The number of rotatable bonds is 4. The van der Waals surface area contributed by atoms with E-state index in [1.807, 2.05) is 30.3 Å². The van der Waals surface area contributed by atoms with Crippen molar-refractivity contribution in [2.75, 3.05) is 11.4 Å². The van der Waals surface area contributed by atoms with Crippen LogP contribution in [0, 0.1) is 0 Å². The molecular weight excluding hydrogens is 342 g/mol. The fraction of sp³-hybridized carbons (Fsp3) is 0.238. The van der Waals surface area contributed by atoms with Crippen LogP contribution in [0.15, 0.2) is 60.0 Å². The first-order valence-electron chi connectivity index (χ1n) is 8.91. The number of amides is 1. The zero-order chi connectivity index (χ0) is 17.9. The minimum Gasteiger partial charge on any atom is -0.326 e. The topological polar surface area (TPSA) is 37.6 Å². The summed E-state index contributed by atoms with van der Waals surface area (Å²) in [6.45, 7) is 4.64. The molecule has 0 aliphatic carbocycles. The summed E-state index contributed by atoms with van der Waals surface area (Å²) < 4.78 is 0. The molecule has 5 heteroatoms. The van der Waals surface area contributed by atoms with Crippen LogP contribution in [0.2, 0.25) is 0 Å². The van der Waals surface area contributed by atoms with Crippen molar-refractivity contribution in [1.29, 1.82) is 0 Å². The molecule has 1 N–H and O–H groups in total. The molecule has 0 saturated carbocycles. The quantitative estimate of drug-likeness (QED) is 0.773. The molecule has 0 spiro atoms. The van der Waals surface area contributed by atoms with Gasteiger partial charge in [-0.3, -0.25) is 9.69 Å². The molecule has 132 valence electrons. The van der Waals surface area contributed by atoms with Crippen molar-refractivity contribution in [1.82, 2.24) is 4.98 Å². The van der Waals surface area contributed by atoms with E-state index in [-0.39, 0.29) is 5.91 Å². The van der Waals surface area contributed by atoms with Crippen molar-refractivity contribution >= 4 is 28.1 Å². The maximum atomic E-state index is 12.2. The molecule has 0 radical (unpaired) electrons. The van der Waals surface area contributed by atoms with E-state index in [4.69, 9.17) is 4.98 Å². The van der Waals surface area contributed by atoms with Crippen LogP contribution in [-0.2, 0) is 24.3 Å². The van der Waals surface area contributed by atoms with Gasteiger partial charge in [0, 0.05) is 24.3 Å². The van der Waals surface area contributed by atoms with Gasteiger partial charge in [-0.15, -0.1) is 11.3 Å². The number of para-hydroxylation sites is 1. The summed E-state index contributed by atoms with van der Waals surface area (Å²) in [5.41, 5.74) is 4.84. The molecule has 0 fully saturated rings. The number of anilines is 2. The molecule has 1 aliphatic rings. The zero-order valence-corrected chi connectivity index (χ0v) is 15.6. The summed E-state index contributed by atoms with van der Waals surface area (Å²) in [7, 11) is 0. The van der Waals surface area contributed by atoms with Gasteiger partial charge in [-0.05, 0) is 17.7 Å². The van der Waals surface area contributed by atoms with Crippen molar-refractivity contribution < 1.29 is 9.69 Å². The molecule has 0 bridgehead atoms. The number of hydrogen-bond acceptors (Lipinski definition) is 3. The standard InChI is InChI=1S/C21H21N3OS/c1-16(25)24(20-9-3-2-4-10-20)21-22-19(15-26-21)14-23-12-11-17-7-5-6-8-18(17)13-23/h2-10,15H,11-14H2,1H3/p+1. The Kier molecular flexibility index (Phi) is 4.82. The van der Waals surface area contributed by atoms with Gasteiger partial charge in [-0.2, -0.15) is 0 Å². The van der Waals surface area contributed by atoms with Crippen molar-refractivity contribution in [3.05, 3.63) is 76.8 Å². The van der Waals surface area contributed by atoms with E-state index in [9.17, 15) is 4.79 Å². The SMILES string of the molecule is CC(=O)N(c1ccccc1)c1nc(C[NH+]2CCc3ccccc3C2)cs1. The molecule has 0 saturated heterocycles. The number of aromatic nitrogens is 1. The molecule has 4 nitrogen and oxygen atoms in total. The first-order valence-corrected chi connectivity index (χ1v) is 9.79. The zero-order valence-electron chi connectivity index (χ0n) is 14.8. The number of quaternary nitrogens is 1. The average Bonchev–Trinajstić information content (AvgIpc) is 3.10. The van der Waals surface area contributed by atoms with E-state index >= 15 is 0 Å². The highest BCUT2D eigenvalue weighted by atomic mass is 32.1. The van der Waals surface area contributed by atoms with Gasteiger partial charge < -0.3 is 4.90 Å². The Morgan fingerprint density at radius 1 is 1.12 bits per heavy atom. The third-order valence-electron chi connectivity index (χ3n) is 4.80. The van der Waals surface area contributed by atoms with E-state index in [1.54, 1.807) is 11.8 Å². The maximum absolute atomic E-state index is 12.2. The lowest BCUT2D eigenvalue weighted by molar-refractivity contribution is -0.929. The average molecular weight is 364 g/mol. The molecule has 26 heavy (non-hydrogen) atoms. The largest absolute Gasteiger partial charge is 0.326 e. The highest BCUT2D eigenvalue weighted by molar-refractivity contribution is 7.14. The summed E-state index contributed by atoms with van der Waals surface area (Å²) in [5, 5.41) is 2.83. The Morgan fingerprint density at radius 2 is 1.85 bits per heavy atom. The van der Waals surface area contributed by atoms with Crippen LogP contribution >= 0.6 is 11.3 Å². The third-order valence-corrected chi connectivity index (χ3v) is 5.67. The normalized spacial score (nSPS) is 16.1. The van der Waals surface area contributed by atoms with Gasteiger partial charge in [0.25, 0.3) is 0 Å². The second-order valence-corrected chi connectivity index (χ2v) is 7.52. The predicted molar refractivity (Wildman–Crippen MR) is 105 cm³/mol. The number of fused-ring (bicyclic) bond motifs is 1. The van der Waals surface area contributed by atoms with E-state index in [2.05, 4.69) is 29.6 Å². The number of nitrogens with one attached hydrogen (secondary N) is 1. The molecule has 1 atom stereocenters. The minimum atomic E-state index is -0.0173. The van der Waals surface area contributed by atoms with Crippen molar-refractivity contribution in [2.24, 2.45) is 0 Å². The Bertz CT molecular complexity index is 906. The lowest BCUT2D eigenvalue weighted by Crippen LogP contribution is -3.10. The van der Waals surface area contributed by atoms with E-state index in [0.29, 0.717) is 0 Å². The van der Waals surface area contributed by atoms with Gasteiger partial charge in [0.15, 0.2) is 5.13 Å². The van der Waals surface area contributed by atoms with Gasteiger partial charge in [0.1, 0.15) is 18.8 Å². The maximum Gasteiger partial charge on any atom is 0.230 e. The lowest BCUT2D eigenvalue weighted by Gasteiger charge is -2.25. The molecule has 3 aromatic rings. The lowest BCUT2D eigenvalue weighted by atomic mass is 10.00. The number of carbonyl (C=O) groups is 1. The van der Waals surface area contributed by atoms with Crippen LogP contribution in [-0.4, -0.2) is 17.4 Å². The third kappa shape index (κ3) is 3.54. The van der Waals surface area contributed by atoms with Crippen LogP contribution in [0.3, 0.4) is 0 Å². The van der Waals surface area contributed by atoms with E-state index in [1.165, 1.54) is 27.4 Å². The number of carbonyl (C=O) groups excluding carboxylic acids is 1. The fourth-order valence-corrected chi connectivity index (χ4v) is 4.42. The summed E-state index contributed by atoms with van der Waals surface area (Å²) >= 11 is 1.54. The second-order valence-electron chi connectivity index (χ2n) is 6.68. The Labute approximate surface area is 157 Å². The first kappa shape index (κ1) is 16.9.